The van der Waals surface area contributed by atoms with Crippen molar-refractivity contribution < 1.29 is 28.7 Å². The van der Waals surface area contributed by atoms with E-state index in [-0.39, 0.29) is 30.5 Å². The number of cyclic esters (lactones) is 1. The molecule has 9 nitrogen and oxygen atoms in total. The summed E-state index contributed by atoms with van der Waals surface area (Å²) >= 11 is 0. The first kappa shape index (κ1) is 19.7. The van der Waals surface area contributed by atoms with Crippen LogP contribution in [0.3, 0.4) is 0 Å². The van der Waals surface area contributed by atoms with E-state index in [9.17, 15) is 19.7 Å². The third kappa shape index (κ3) is 5.04. The topological polar surface area (TPSA) is 117 Å². The Morgan fingerprint density at radius 1 is 1.17 bits per heavy atom. The largest absolute Gasteiger partial charge is 0.482 e. The number of non-ortho nitro benzene ring substituents is 1. The predicted octanol–water partition coefficient (Wildman–Crippen LogP) is 2.88. The molecule has 1 aliphatic heterocycles. The number of rotatable bonds is 7. The van der Waals surface area contributed by atoms with Crippen LogP contribution in [0.15, 0.2) is 59.2 Å². The van der Waals surface area contributed by atoms with Crippen LogP contribution in [0.4, 0.5) is 5.69 Å². The molecule has 0 fully saturated rings. The van der Waals surface area contributed by atoms with E-state index in [2.05, 4.69) is 4.99 Å². The van der Waals surface area contributed by atoms with Gasteiger partial charge in [-0.05, 0) is 42.8 Å². The van der Waals surface area contributed by atoms with Crippen molar-refractivity contribution >= 4 is 29.6 Å². The maximum absolute atomic E-state index is 12.1. The molecule has 0 aliphatic carbocycles. The van der Waals surface area contributed by atoms with Crippen molar-refractivity contribution in [2.45, 2.75) is 6.92 Å². The van der Waals surface area contributed by atoms with Crippen molar-refractivity contribution in [3.63, 3.8) is 0 Å². The van der Waals surface area contributed by atoms with Crippen LogP contribution in [0.5, 0.6) is 5.75 Å². The van der Waals surface area contributed by atoms with Crippen LogP contribution in [0.1, 0.15) is 18.1 Å². The molecule has 0 amide bonds. The Morgan fingerprint density at radius 3 is 2.48 bits per heavy atom. The number of nitrogens with zero attached hydrogens (tertiary/aromatic N) is 2. The van der Waals surface area contributed by atoms with Gasteiger partial charge in [0, 0.05) is 17.7 Å². The molecule has 0 N–H and O–H groups in total. The van der Waals surface area contributed by atoms with Crippen LogP contribution in [-0.2, 0) is 19.1 Å². The Balaban J connectivity index is 1.70. The summed E-state index contributed by atoms with van der Waals surface area (Å²) < 4.78 is 15.2. The van der Waals surface area contributed by atoms with Crippen molar-refractivity contribution in [1.29, 1.82) is 0 Å². The van der Waals surface area contributed by atoms with Crippen LogP contribution in [-0.4, -0.2) is 36.0 Å². The van der Waals surface area contributed by atoms with Crippen molar-refractivity contribution in [1.82, 2.24) is 0 Å². The first-order valence-electron chi connectivity index (χ1n) is 8.62. The van der Waals surface area contributed by atoms with Gasteiger partial charge < -0.3 is 14.2 Å². The maximum atomic E-state index is 12.1. The van der Waals surface area contributed by atoms with E-state index in [1.54, 1.807) is 31.2 Å². The van der Waals surface area contributed by atoms with E-state index in [0.717, 1.165) is 0 Å². The number of carbonyl (C=O) groups excluding carboxylic acids is 2. The lowest BCUT2D eigenvalue weighted by molar-refractivity contribution is -0.384. The van der Waals surface area contributed by atoms with E-state index in [1.165, 1.54) is 30.3 Å². The molecule has 1 heterocycles. The van der Waals surface area contributed by atoms with Crippen LogP contribution < -0.4 is 4.74 Å². The highest BCUT2D eigenvalue weighted by atomic mass is 16.6. The Kier molecular flexibility index (Phi) is 5.98. The van der Waals surface area contributed by atoms with Gasteiger partial charge in [0.05, 0.1) is 11.5 Å². The monoisotopic (exact) mass is 396 g/mol. The number of hydrogen-bond acceptors (Lipinski definition) is 8. The molecule has 0 unspecified atom stereocenters. The van der Waals surface area contributed by atoms with E-state index in [0.29, 0.717) is 16.9 Å². The third-order valence-corrected chi connectivity index (χ3v) is 3.79. The lowest BCUT2D eigenvalue weighted by Gasteiger charge is -2.05. The summed E-state index contributed by atoms with van der Waals surface area (Å²) in [5.74, 6) is -0.531. The van der Waals surface area contributed by atoms with Crippen molar-refractivity contribution in [3.8, 4) is 5.75 Å². The van der Waals surface area contributed by atoms with Gasteiger partial charge in [0.2, 0.25) is 5.90 Å². The van der Waals surface area contributed by atoms with Crippen molar-refractivity contribution in [3.05, 3.63) is 75.5 Å². The zero-order chi connectivity index (χ0) is 20.8. The molecule has 9 heteroatoms. The second kappa shape index (κ2) is 8.79. The van der Waals surface area contributed by atoms with Gasteiger partial charge in [-0.25, -0.2) is 14.6 Å². The number of nitro groups is 1. The Bertz CT molecular complexity index is 992. The van der Waals surface area contributed by atoms with Crippen LogP contribution in [0.25, 0.3) is 6.08 Å². The summed E-state index contributed by atoms with van der Waals surface area (Å²) in [7, 11) is 0. The molecule has 148 valence electrons. The van der Waals surface area contributed by atoms with Gasteiger partial charge in [0.25, 0.3) is 5.69 Å². The molecular weight excluding hydrogens is 380 g/mol. The molecule has 0 atom stereocenters. The summed E-state index contributed by atoms with van der Waals surface area (Å²) in [6.45, 7) is 1.81. The molecule has 0 spiro atoms. The quantitative estimate of drug-likeness (QED) is 0.306. The molecule has 0 saturated heterocycles. The summed E-state index contributed by atoms with van der Waals surface area (Å²) in [4.78, 5) is 37.7. The normalized spacial score (nSPS) is 14.3. The summed E-state index contributed by atoms with van der Waals surface area (Å²) in [5.41, 5.74) is 1.16. The highest BCUT2D eigenvalue weighted by molar-refractivity contribution is 6.12. The Hall–Kier alpha value is -4.01. The summed E-state index contributed by atoms with van der Waals surface area (Å²) in [5, 5.41) is 10.7. The zero-order valence-corrected chi connectivity index (χ0v) is 15.4. The molecule has 1 aliphatic rings. The molecule has 2 aromatic rings. The van der Waals surface area contributed by atoms with Gasteiger partial charge in [0.1, 0.15) is 5.75 Å². The molecule has 2 aromatic carbocycles. The van der Waals surface area contributed by atoms with Crippen LogP contribution in [0, 0.1) is 10.1 Å². The number of benzene rings is 2. The fourth-order valence-electron chi connectivity index (χ4n) is 2.42. The van der Waals surface area contributed by atoms with Gasteiger partial charge >= 0.3 is 11.9 Å². The van der Waals surface area contributed by atoms with Gasteiger partial charge in [-0.3, -0.25) is 10.1 Å². The molecular formula is C20H16N2O7. The standard InChI is InChI=1S/C20H16N2O7/c1-2-27-18(23)12-28-16-9-3-13(4-10-16)11-17-20(24)29-19(21-17)14-5-7-15(8-6-14)22(25)26/h3-11H,2,12H2,1H3/b17-11-. The maximum Gasteiger partial charge on any atom is 0.363 e. The highest BCUT2D eigenvalue weighted by Crippen LogP contribution is 2.22. The van der Waals surface area contributed by atoms with Gasteiger partial charge in [-0.1, -0.05) is 12.1 Å². The fraction of sp³-hybridized carbons (Fsp3) is 0.150. The minimum atomic E-state index is -0.624. The van der Waals surface area contributed by atoms with Crippen molar-refractivity contribution in [2.24, 2.45) is 4.99 Å². The molecule has 3 rings (SSSR count). The van der Waals surface area contributed by atoms with E-state index < -0.39 is 16.9 Å². The van der Waals surface area contributed by atoms with E-state index in [1.807, 2.05) is 0 Å². The highest BCUT2D eigenvalue weighted by Gasteiger charge is 2.24. The number of hydrogen-bond donors (Lipinski definition) is 0. The lowest BCUT2D eigenvalue weighted by atomic mass is 10.2. The molecule has 0 bridgehead atoms. The number of nitro benzene ring substituents is 1. The molecule has 0 aromatic heterocycles. The number of carbonyl (C=O) groups is 2. The average Bonchev–Trinajstić information content (AvgIpc) is 3.08. The Labute approximate surface area is 165 Å². The fourth-order valence-corrected chi connectivity index (χ4v) is 2.42. The zero-order valence-electron chi connectivity index (χ0n) is 15.4. The lowest BCUT2D eigenvalue weighted by Crippen LogP contribution is -2.14. The number of ether oxygens (including phenoxy) is 3. The van der Waals surface area contributed by atoms with E-state index >= 15 is 0 Å². The first-order valence-corrected chi connectivity index (χ1v) is 8.62. The smallest absolute Gasteiger partial charge is 0.363 e. The second-order valence-corrected chi connectivity index (χ2v) is 5.80. The predicted molar refractivity (Wildman–Crippen MR) is 102 cm³/mol. The minimum Gasteiger partial charge on any atom is -0.482 e. The molecule has 0 radical (unpaired) electrons. The molecule has 29 heavy (non-hydrogen) atoms. The first-order chi connectivity index (χ1) is 14.0. The van der Waals surface area contributed by atoms with Gasteiger partial charge in [-0.2, -0.15) is 0 Å². The van der Waals surface area contributed by atoms with Crippen LogP contribution >= 0.6 is 0 Å². The summed E-state index contributed by atoms with van der Waals surface area (Å²) in [6, 6.07) is 12.2. The summed E-state index contributed by atoms with van der Waals surface area (Å²) in [6.07, 6.45) is 1.54. The van der Waals surface area contributed by atoms with E-state index in [4.69, 9.17) is 14.2 Å². The van der Waals surface area contributed by atoms with Crippen molar-refractivity contribution in [2.75, 3.05) is 13.2 Å². The minimum absolute atomic E-state index is 0.0697. The van der Waals surface area contributed by atoms with Gasteiger partial charge in [0.15, 0.2) is 12.3 Å². The Morgan fingerprint density at radius 2 is 1.86 bits per heavy atom. The second-order valence-electron chi connectivity index (χ2n) is 5.80. The molecule has 0 saturated carbocycles. The van der Waals surface area contributed by atoms with Gasteiger partial charge in [-0.15, -0.1) is 0 Å². The third-order valence-electron chi connectivity index (χ3n) is 3.79. The number of aliphatic imine (C=N–C) groups is 1. The van der Waals surface area contributed by atoms with Crippen LogP contribution in [0.2, 0.25) is 0 Å². The SMILES string of the molecule is CCOC(=O)COc1ccc(/C=C2\N=C(c3ccc([N+](=O)[O-])cc3)OC2=O)cc1. The average molecular weight is 396 g/mol. The number of esters is 2.